The molecule has 13 aromatic carbocycles. The van der Waals surface area contributed by atoms with Gasteiger partial charge in [-0.15, -0.1) is 0 Å². The highest BCUT2D eigenvalue weighted by atomic mass is 15.1. The number of para-hydroxylation sites is 2. The Morgan fingerprint density at radius 3 is 0.846 bits per heavy atom. The van der Waals surface area contributed by atoms with Gasteiger partial charge in [-0.3, -0.25) is 0 Å². The van der Waals surface area contributed by atoms with Crippen LogP contribution < -0.4 is 9.80 Å². The largest absolute Gasteiger partial charge is 0.310 e. The number of nitrogens with zero attached hydrogens (tertiary/aromatic N) is 2. The van der Waals surface area contributed by atoms with E-state index in [9.17, 15) is 0 Å². The zero-order valence-corrected chi connectivity index (χ0v) is 44.5. The smallest absolute Gasteiger partial charge is 0.0540 e. The normalized spacial score (nSPS) is 11.3. The maximum Gasteiger partial charge on any atom is 0.0540 e. The third kappa shape index (κ3) is 9.08. The molecule has 0 N–H and O–H groups in total. The zero-order valence-electron chi connectivity index (χ0n) is 44.5. The van der Waals surface area contributed by atoms with E-state index in [1.165, 1.54) is 98.7 Å². The predicted molar refractivity (Wildman–Crippen MR) is 336 cm³/mol. The van der Waals surface area contributed by atoms with Gasteiger partial charge in [-0.05, 0) is 177 Å². The molecule has 13 rings (SSSR count). The molecule has 0 aliphatic carbocycles. The first-order chi connectivity index (χ1) is 38.3. The number of hydrogen-bond donors (Lipinski definition) is 0. The van der Waals surface area contributed by atoms with E-state index in [0.29, 0.717) is 0 Å². The van der Waals surface area contributed by atoms with E-state index in [2.05, 4.69) is 317 Å². The third-order valence-electron chi connectivity index (χ3n) is 15.5. The van der Waals surface area contributed by atoms with E-state index >= 15 is 0 Å². The Morgan fingerprint density at radius 2 is 0.526 bits per heavy atom. The summed E-state index contributed by atoms with van der Waals surface area (Å²) in [5.41, 5.74) is 21.2. The summed E-state index contributed by atoms with van der Waals surface area (Å²) >= 11 is 0. The van der Waals surface area contributed by atoms with Crippen LogP contribution in [0.3, 0.4) is 0 Å². The van der Waals surface area contributed by atoms with Crippen LogP contribution in [0.4, 0.5) is 34.1 Å². The van der Waals surface area contributed by atoms with E-state index in [4.69, 9.17) is 0 Å². The maximum atomic E-state index is 2.42. The number of rotatable bonds is 12. The van der Waals surface area contributed by atoms with Gasteiger partial charge in [0.05, 0.1) is 11.4 Å². The molecule has 0 aliphatic heterocycles. The molecular weight excluding hydrogens is 941 g/mol. The Labute approximate surface area is 458 Å². The Balaban J connectivity index is 0.915. The van der Waals surface area contributed by atoms with Crippen molar-refractivity contribution >= 4 is 101 Å². The van der Waals surface area contributed by atoms with Crippen molar-refractivity contribution in [3.05, 3.63) is 323 Å². The quantitative estimate of drug-likeness (QED) is 0.0684. The van der Waals surface area contributed by atoms with Crippen molar-refractivity contribution in [1.82, 2.24) is 0 Å². The Morgan fingerprint density at radius 1 is 0.244 bits per heavy atom. The number of benzene rings is 13. The van der Waals surface area contributed by atoms with E-state index in [1.807, 2.05) is 0 Å². The molecule has 0 aliphatic rings. The summed E-state index contributed by atoms with van der Waals surface area (Å²) in [7, 11) is 0. The SMILES string of the molecule is Cc1ccc(C(=Cc2ccc(N(c3ccccc3)c3ccc4c5cccc6c(N(c7ccccc7)c7ccc(C=C(c8ccc(C)cc8)c8ccc(C)cc8)cc7)ccc(c7cccc3c74)c65)cc2)c2ccc(C)cc2)cc1. The molecule has 0 fully saturated rings. The van der Waals surface area contributed by atoms with Gasteiger partial charge in [0, 0.05) is 33.5 Å². The van der Waals surface area contributed by atoms with Gasteiger partial charge in [0.15, 0.2) is 0 Å². The second-order valence-corrected chi connectivity index (χ2v) is 20.8. The highest BCUT2D eigenvalue weighted by molar-refractivity contribution is 6.35. The van der Waals surface area contributed by atoms with Crippen LogP contribution in [0, 0.1) is 27.7 Å². The molecular formula is C76H58N2. The van der Waals surface area contributed by atoms with Crippen molar-refractivity contribution in [2.24, 2.45) is 0 Å². The summed E-state index contributed by atoms with van der Waals surface area (Å²) < 4.78 is 0. The van der Waals surface area contributed by atoms with E-state index < -0.39 is 0 Å². The predicted octanol–water partition coefficient (Wildman–Crippen LogP) is 21.1. The number of aryl methyl sites for hydroxylation is 4. The monoisotopic (exact) mass is 998 g/mol. The molecule has 78 heavy (non-hydrogen) atoms. The fraction of sp³-hybridized carbons (Fsp3) is 0.0526. The van der Waals surface area contributed by atoms with Gasteiger partial charge < -0.3 is 9.80 Å². The topological polar surface area (TPSA) is 6.48 Å². The molecule has 0 saturated heterocycles. The van der Waals surface area contributed by atoms with Crippen molar-refractivity contribution in [3.8, 4) is 0 Å². The molecule has 0 spiro atoms. The molecule has 0 amide bonds. The molecule has 0 radical (unpaired) electrons. The third-order valence-corrected chi connectivity index (χ3v) is 15.5. The molecule has 0 aromatic heterocycles. The minimum absolute atomic E-state index is 1.09. The first-order valence-corrected chi connectivity index (χ1v) is 27.1. The second kappa shape index (κ2) is 20.4. The Bertz CT molecular complexity index is 3930. The van der Waals surface area contributed by atoms with Crippen molar-refractivity contribution < 1.29 is 0 Å². The molecule has 2 nitrogen and oxygen atoms in total. The first-order valence-electron chi connectivity index (χ1n) is 27.1. The average molecular weight is 999 g/mol. The van der Waals surface area contributed by atoms with Gasteiger partial charge in [0.1, 0.15) is 0 Å². The van der Waals surface area contributed by atoms with Crippen molar-refractivity contribution in [1.29, 1.82) is 0 Å². The summed E-state index contributed by atoms with van der Waals surface area (Å²) in [6.07, 6.45) is 4.64. The first kappa shape index (κ1) is 47.9. The van der Waals surface area contributed by atoms with E-state index in [1.54, 1.807) is 0 Å². The summed E-state index contributed by atoms with van der Waals surface area (Å²) in [5, 5.41) is 9.92. The fourth-order valence-corrected chi connectivity index (χ4v) is 11.5. The molecule has 0 bridgehead atoms. The Hall–Kier alpha value is -9.76. The van der Waals surface area contributed by atoms with Gasteiger partial charge in [-0.2, -0.15) is 0 Å². The second-order valence-electron chi connectivity index (χ2n) is 20.8. The summed E-state index contributed by atoms with van der Waals surface area (Å²) in [6, 6.07) is 98.2. The molecule has 2 heteroatoms. The van der Waals surface area contributed by atoms with Crippen LogP contribution in [0.25, 0.3) is 66.4 Å². The number of hydrogen-bond acceptors (Lipinski definition) is 2. The van der Waals surface area contributed by atoms with Crippen LogP contribution in [-0.2, 0) is 0 Å². The molecule has 13 aromatic rings. The van der Waals surface area contributed by atoms with Crippen molar-refractivity contribution in [2.75, 3.05) is 9.80 Å². The zero-order chi connectivity index (χ0) is 52.7. The standard InChI is InChI=1S/C76H58N2/c1-51-21-33-57(34-22-51)71(58-35-23-52(2)24-36-58)49-55-29-41-63(42-30-55)77(61-13-7-5-8-14-61)73-47-45-67-66-18-12-20-70-74(48-46-68(76(66)70)65-17-11-19-69(73)75(65)67)78(62-15-9-6-10-16-62)64-43-31-56(32-44-64)50-72(59-37-25-53(3)26-38-59)60-39-27-54(4)28-40-60/h5-50H,1-4H3. The molecule has 372 valence electrons. The highest BCUT2D eigenvalue weighted by Crippen LogP contribution is 2.49. The number of anilines is 6. The minimum atomic E-state index is 1.09. The van der Waals surface area contributed by atoms with Crippen LogP contribution in [-0.4, -0.2) is 0 Å². The lowest BCUT2D eigenvalue weighted by molar-refractivity contribution is 1.30. The van der Waals surface area contributed by atoms with Gasteiger partial charge >= 0.3 is 0 Å². The molecule has 0 saturated carbocycles. The Kier molecular flexibility index (Phi) is 12.5. The van der Waals surface area contributed by atoms with Crippen LogP contribution >= 0.6 is 0 Å². The van der Waals surface area contributed by atoms with Crippen LogP contribution in [0.2, 0.25) is 0 Å². The van der Waals surface area contributed by atoms with Gasteiger partial charge in [-0.25, -0.2) is 0 Å². The van der Waals surface area contributed by atoms with Gasteiger partial charge in [0.25, 0.3) is 0 Å². The van der Waals surface area contributed by atoms with E-state index in [0.717, 1.165) is 45.3 Å². The average Bonchev–Trinajstić information content (AvgIpc) is 3.68. The molecule has 0 heterocycles. The van der Waals surface area contributed by atoms with Crippen LogP contribution in [0.15, 0.2) is 267 Å². The fourth-order valence-electron chi connectivity index (χ4n) is 11.5. The summed E-state index contributed by atoms with van der Waals surface area (Å²) in [6.45, 7) is 8.57. The maximum absolute atomic E-state index is 2.42. The lowest BCUT2D eigenvalue weighted by Gasteiger charge is -2.29. The summed E-state index contributed by atoms with van der Waals surface area (Å²) in [4.78, 5) is 4.84. The van der Waals surface area contributed by atoms with Crippen molar-refractivity contribution in [2.45, 2.75) is 27.7 Å². The lowest BCUT2D eigenvalue weighted by atomic mass is 9.88. The highest BCUT2D eigenvalue weighted by Gasteiger charge is 2.23. The minimum Gasteiger partial charge on any atom is -0.310 e. The van der Waals surface area contributed by atoms with Gasteiger partial charge in [0.2, 0.25) is 0 Å². The van der Waals surface area contributed by atoms with Crippen molar-refractivity contribution in [3.63, 3.8) is 0 Å². The van der Waals surface area contributed by atoms with Crippen LogP contribution in [0.5, 0.6) is 0 Å². The lowest BCUT2D eigenvalue weighted by Crippen LogP contribution is -2.11. The van der Waals surface area contributed by atoms with Gasteiger partial charge in [-0.1, -0.05) is 229 Å². The number of fused-ring (bicyclic) bond motifs is 2. The molecule has 0 atom stereocenters. The molecule has 0 unspecified atom stereocenters. The van der Waals surface area contributed by atoms with E-state index in [-0.39, 0.29) is 0 Å². The van der Waals surface area contributed by atoms with Crippen LogP contribution in [0.1, 0.15) is 55.6 Å². The summed E-state index contributed by atoms with van der Waals surface area (Å²) in [5.74, 6) is 0.